The van der Waals surface area contributed by atoms with Crippen molar-refractivity contribution in [1.29, 1.82) is 0 Å². The van der Waals surface area contributed by atoms with Gasteiger partial charge in [0.1, 0.15) is 11.3 Å². The van der Waals surface area contributed by atoms with Crippen molar-refractivity contribution in [2.24, 2.45) is 0 Å². The molecule has 1 aromatic carbocycles. The summed E-state index contributed by atoms with van der Waals surface area (Å²) in [4.78, 5) is 12.1. The number of nitrogens with one attached hydrogen (secondary N) is 1. The van der Waals surface area contributed by atoms with Crippen LogP contribution < -0.4 is 10.1 Å². The number of para-hydroxylation sites is 1. The molecule has 0 aliphatic carbocycles. The van der Waals surface area contributed by atoms with Crippen LogP contribution in [0.5, 0.6) is 5.75 Å². The van der Waals surface area contributed by atoms with Gasteiger partial charge in [0.2, 0.25) is 0 Å². The number of carbonyl (C=O) groups is 1. The maximum absolute atomic E-state index is 12.1. The van der Waals surface area contributed by atoms with Gasteiger partial charge in [-0.3, -0.25) is 4.79 Å². The lowest BCUT2D eigenvalue weighted by Crippen LogP contribution is -2.51. The van der Waals surface area contributed by atoms with Gasteiger partial charge in [-0.2, -0.15) is 0 Å². The van der Waals surface area contributed by atoms with Crippen molar-refractivity contribution >= 4 is 5.97 Å². The second-order valence-electron chi connectivity index (χ2n) is 4.89. The lowest BCUT2D eigenvalue weighted by Gasteiger charge is -2.28. The number of benzene rings is 1. The first-order valence-corrected chi connectivity index (χ1v) is 7.22. The van der Waals surface area contributed by atoms with Gasteiger partial charge in [-0.25, -0.2) is 0 Å². The van der Waals surface area contributed by atoms with Crippen LogP contribution in [-0.2, 0) is 9.53 Å². The topological polar surface area (TPSA) is 47.6 Å². The van der Waals surface area contributed by atoms with Gasteiger partial charge in [-0.05, 0) is 38.9 Å². The molecule has 0 amide bonds. The Morgan fingerprint density at radius 2 is 1.95 bits per heavy atom. The third-order valence-electron chi connectivity index (χ3n) is 3.11. The summed E-state index contributed by atoms with van der Waals surface area (Å²) in [6, 6.07) is 9.60. The molecule has 1 N–H and O–H groups in total. The first-order valence-electron chi connectivity index (χ1n) is 7.22. The lowest BCUT2D eigenvalue weighted by atomic mass is 9.98. The average Bonchev–Trinajstić information content (AvgIpc) is 2.46. The fourth-order valence-corrected chi connectivity index (χ4v) is 1.84. The van der Waals surface area contributed by atoms with Crippen LogP contribution in [0.15, 0.2) is 30.3 Å². The van der Waals surface area contributed by atoms with Crippen molar-refractivity contribution in [3.8, 4) is 5.75 Å². The summed E-state index contributed by atoms with van der Waals surface area (Å²) in [5.74, 6) is 0.597. The zero-order valence-electron chi connectivity index (χ0n) is 12.6. The molecule has 1 rings (SSSR count). The van der Waals surface area contributed by atoms with E-state index in [9.17, 15) is 4.79 Å². The number of carbonyl (C=O) groups excluding carboxylic acids is 1. The van der Waals surface area contributed by atoms with Crippen molar-refractivity contribution in [3.05, 3.63) is 30.3 Å². The molecule has 0 aromatic heterocycles. The molecule has 0 bridgehead atoms. The smallest absolute Gasteiger partial charge is 0.326 e. The quantitative estimate of drug-likeness (QED) is 0.706. The highest BCUT2D eigenvalue weighted by Gasteiger charge is 2.33. The molecule has 20 heavy (non-hydrogen) atoms. The van der Waals surface area contributed by atoms with Crippen LogP contribution in [0.25, 0.3) is 0 Å². The van der Waals surface area contributed by atoms with E-state index in [2.05, 4.69) is 12.2 Å². The summed E-state index contributed by atoms with van der Waals surface area (Å²) < 4.78 is 10.8. The van der Waals surface area contributed by atoms with Crippen molar-refractivity contribution < 1.29 is 14.3 Å². The molecule has 0 spiro atoms. The molecule has 0 heterocycles. The van der Waals surface area contributed by atoms with Crippen LogP contribution in [0.1, 0.15) is 33.6 Å². The van der Waals surface area contributed by atoms with Crippen LogP contribution >= 0.6 is 0 Å². The van der Waals surface area contributed by atoms with E-state index in [1.54, 1.807) is 0 Å². The molecule has 0 aliphatic rings. The maximum atomic E-state index is 12.1. The highest BCUT2D eigenvalue weighted by molar-refractivity contribution is 5.80. The van der Waals surface area contributed by atoms with E-state index in [0.717, 1.165) is 18.7 Å². The van der Waals surface area contributed by atoms with Crippen molar-refractivity contribution in [2.75, 3.05) is 19.8 Å². The fraction of sp³-hybridized carbons (Fsp3) is 0.562. The van der Waals surface area contributed by atoms with Gasteiger partial charge in [-0.15, -0.1) is 0 Å². The lowest BCUT2D eigenvalue weighted by molar-refractivity contribution is -0.151. The monoisotopic (exact) mass is 279 g/mol. The van der Waals surface area contributed by atoms with Gasteiger partial charge < -0.3 is 14.8 Å². The Balaban J connectivity index is 2.53. The fourth-order valence-electron chi connectivity index (χ4n) is 1.84. The number of hydrogen-bond acceptors (Lipinski definition) is 4. The third kappa shape index (κ3) is 5.21. The molecule has 0 fully saturated rings. The van der Waals surface area contributed by atoms with Gasteiger partial charge >= 0.3 is 5.97 Å². The summed E-state index contributed by atoms with van der Waals surface area (Å²) in [6.07, 6.45) is 1.54. The highest BCUT2D eigenvalue weighted by Crippen LogP contribution is 2.15. The van der Waals surface area contributed by atoms with E-state index in [1.807, 2.05) is 44.2 Å². The molecule has 0 saturated carbocycles. The first kappa shape index (κ1) is 16.5. The highest BCUT2D eigenvalue weighted by atomic mass is 16.5. The van der Waals surface area contributed by atoms with Gasteiger partial charge in [0.15, 0.2) is 0 Å². The van der Waals surface area contributed by atoms with Gasteiger partial charge in [0, 0.05) is 6.42 Å². The van der Waals surface area contributed by atoms with Gasteiger partial charge in [0.25, 0.3) is 0 Å². The second kappa shape index (κ2) is 8.59. The van der Waals surface area contributed by atoms with E-state index in [1.165, 1.54) is 0 Å². The number of hydrogen-bond donors (Lipinski definition) is 1. The molecular weight excluding hydrogens is 254 g/mol. The van der Waals surface area contributed by atoms with E-state index < -0.39 is 5.54 Å². The maximum Gasteiger partial charge on any atom is 0.326 e. The summed E-state index contributed by atoms with van der Waals surface area (Å²) in [6.45, 7) is 7.39. The first-order chi connectivity index (χ1) is 9.62. The van der Waals surface area contributed by atoms with Crippen LogP contribution in [0, 0.1) is 0 Å². The predicted molar refractivity (Wildman–Crippen MR) is 79.9 cm³/mol. The largest absolute Gasteiger partial charge is 0.494 e. The summed E-state index contributed by atoms with van der Waals surface area (Å²) >= 11 is 0. The Morgan fingerprint density at radius 1 is 1.25 bits per heavy atom. The normalized spacial score (nSPS) is 13.6. The van der Waals surface area contributed by atoms with Gasteiger partial charge in [0.05, 0.1) is 13.2 Å². The van der Waals surface area contributed by atoms with Crippen LogP contribution in [0.4, 0.5) is 0 Å². The average molecular weight is 279 g/mol. The summed E-state index contributed by atoms with van der Waals surface area (Å²) in [5.41, 5.74) is -0.694. The van der Waals surface area contributed by atoms with E-state index in [4.69, 9.17) is 9.47 Å². The van der Waals surface area contributed by atoms with Crippen LogP contribution in [0.2, 0.25) is 0 Å². The predicted octanol–water partition coefficient (Wildman–Crippen LogP) is 2.78. The molecule has 0 radical (unpaired) electrons. The van der Waals surface area contributed by atoms with Crippen molar-refractivity contribution in [3.63, 3.8) is 0 Å². The SMILES string of the molecule is CCCNC(C)(CCOc1ccccc1)C(=O)OCC. The number of ether oxygens (including phenoxy) is 2. The Labute approximate surface area is 121 Å². The number of rotatable bonds is 9. The second-order valence-corrected chi connectivity index (χ2v) is 4.89. The molecular formula is C16H25NO3. The zero-order valence-corrected chi connectivity index (χ0v) is 12.6. The van der Waals surface area contributed by atoms with Crippen molar-refractivity contribution in [1.82, 2.24) is 5.32 Å². The van der Waals surface area contributed by atoms with Gasteiger partial charge in [-0.1, -0.05) is 25.1 Å². The summed E-state index contributed by atoms with van der Waals surface area (Å²) in [5, 5.41) is 3.26. The van der Waals surface area contributed by atoms with E-state index in [-0.39, 0.29) is 5.97 Å². The molecule has 1 aromatic rings. The Morgan fingerprint density at radius 3 is 2.55 bits per heavy atom. The molecule has 112 valence electrons. The Kier molecular flexibility index (Phi) is 7.09. The Hall–Kier alpha value is -1.55. The minimum atomic E-state index is -0.694. The van der Waals surface area contributed by atoms with Crippen LogP contribution in [0.3, 0.4) is 0 Å². The zero-order chi connectivity index (χ0) is 14.8. The molecule has 4 heteroatoms. The van der Waals surface area contributed by atoms with E-state index in [0.29, 0.717) is 19.6 Å². The van der Waals surface area contributed by atoms with Crippen LogP contribution in [-0.4, -0.2) is 31.3 Å². The van der Waals surface area contributed by atoms with E-state index >= 15 is 0 Å². The van der Waals surface area contributed by atoms with Crippen molar-refractivity contribution in [2.45, 2.75) is 39.2 Å². The third-order valence-corrected chi connectivity index (χ3v) is 3.11. The molecule has 1 atom stereocenters. The molecule has 0 saturated heterocycles. The standard InChI is InChI=1S/C16H25NO3/c1-4-12-17-16(3,15(18)19-5-2)11-13-20-14-9-7-6-8-10-14/h6-10,17H,4-5,11-13H2,1-3H3. The Bertz CT molecular complexity index is 394. The molecule has 4 nitrogen and oxygen atoms in total. The minimum Gasteiger partial charge on any atom is -0.494 e. The minimum absolute atomic E-state index is 0.217. The summed E-state index contributed by atoms with van der Waals surface area (Å²) in [7, 11) is 0. The molecule has 0 aliphatic heterocycles. The molecule has 1 unspecified atom stereocenters. The number of esters is 1.